The number of aliphatic carboxylic acids is 1. The summed E-state index contributed by atoms with van der Waals surface area (Å²) in [6.45, 7) is 5.11. The Balaban J connectivity index is 1.52. The third-order valence-corrected chi connectivity index (χ3v) is 8.03. The predicted molar refractivity (Wildman–Crippen MR) is 150 cm³/mol. The van der Waals surface area contributed by atoms with Crippen molar-refractivity contribution in [3.05, 3.63) is 42.6 Å². The van der Waals surface area contributed by atoms with Crippen LogP contribution in [-0.2, 0) is 4.79 Å². The smallest absolute Gasteiger partial charge is 0.321 e. The number of piperidine rings is 1. The minimum Gasteiger partial charge on any atom is -0.494 e. The largest absolute Gasteiger partial charge is 0.494 e. The number of carboxylic acid groups (broad SMARTS) is 1. The van der Waals surface area contributed by atoms with Gasteiger partial charge in [0.25, 0.3) is 0 Å². The van der Waals surface area contributed by atoms with E-state index < -0.39 is 17.2 Å². The second-order valence-electron chi connectivity index (χ2n) is 9.68. The van der Waals surface area contributed by atoms with Gasteiger partial charge < -0.3 is 20.1 Å². The Hall–Kier alpha value is -4.39. The molecule has 11 nitrogen and oxygen atoms in total. The van der Waals surface area contributed by atoms with Crippen LogP contribution in [0, 0.1) is 11.2 Å². The maximum Gasteiger partial charge on any atom is 0.321 e. The predicted octanol–water partition coefficient (Wildman–Crippen LogP) is 4.80. The SMILES string of the molecule is CCNC(=O)Nc1nc2cc(-c3cnc(N4CCC(C)(C(=O)O)CC4)nc3)cc(-c3nccc(OC)c3F)c2s1. The van der Waals surface area contributed by atoms with Crippen molar-refractivity contribution in [2.75, 3.05) is 37.0 Å². The Kier molecular flexibility index (Phi) is 7.48. The van der Waals surface area contributed by atoms with E-state index in [4.69, 9.17) is 4.74 Å². The minimum absolute atomic E-state index is 0.0574. The quantitative estimate of drug-likeness (QED) is 0.288. The van der Waals surface area contributed by atoms with Gasteiger partial charge in [0.2, 0.25) is 5.95 Å². The molecule has 3 N–H and O–H groups in total. The molecule has 0 spiro atoms. The van der Waals surface area contributed by atoms with E-state index in [9.17, 15) is 14.7 Å². The van der Waals surface area contributed by atoms with Crippen LogP contribution in [0.5, 0.6) is 5.75 Å². The summed E-state index contributed by atoms with van der Waals surface area (Å²) >= 11 is 1.21. The number of pyridine rings is 1. The van der Waals surface area contributed by atoms with E-state index in [0.717, 1.165) is 0 Å². The number of nitrogens with one attached hydrogen (secondary N) is 2. The third kappa shape index (κ3) is 5.24. The fraction of sp³-hybridized carbons (Fsp3) is 0.333. The summed E-state index contributed by atoms with van der Waals surface area (Å²) in [4.78, 5) is 43.6. The Labute approximate surface area is 233 Å². The van der Waals surface area contributed by atoms with Crippen molar-refractivity contribution >= 4 is 44.6 Å². The first-order chi connectivity index (χ1) is 19.2. The maximum absolute atomic E-state index is 15.4. The Morgan fingerprint density at radius 2 is 1.90 bits per heavy atom. The van der Waals surface area contributed by atoms with E-state index >= 15 is 4.39 Å². The Morgan fingerprint density at radius 1 is 1.18 bits per heavy atom. The van der Waals surface area contributed by atoms with E-state index in [1.807, 2.05) is 17.9 Å². The number of hydrogen-bond acceptors (Lipinski definition) is 9. The van der Waals surface area contributed by atoms with Crippen molar-refractivity contribution in [1.29, 1.82) is 0 Å². The van der Waals surface area contributed by atoms with Gasteiger partial charge in [-0.05, 0) is 44.4 Å². The zero-order valence-electron chi connectivity index (χ0n) is 22.2. The second kappa shape index (κ2) is 11.0. The molecule has 0 radical (unpaired) electrons. The normalized spacial score (nSPS) is 14.7. The molecule has 0 atom stereocenters. The van der Waals surface area contributed by atoms with Gasteiger partial charge in [0, 0.05) is 55.4 Å². The van der Waals surface area contributed by atoms with Gasteiger partial charge in [-0.25, -0.2) is 24.1 Å². The summed E-state index contributed by atoms with van der Waals surface area (Å²) in [7, 11) is 1.39. The van der Waals surface area contributed by atoms with Crippen LogP contribution in [0.3, 0.4) is 0 Å². The van der Waals surface area contributed by atoms with Gasteiger partial charge in [-0.15, -0.1) is 0 Å². The van der Waals surface area contributed by atoms with Crippen LogP contribution in [0.25, 0.3) is 32.6 Å². The van der Waals surface area contributed by atoms with Gasteiger partial charge >= 0.3 is 12.0 Å². The molecule has 13 heteroatoms. The summed E-state index contributed by atoms with van der Waals surface area (Å²) in [5, 5.41) is 15.2. The highest BCUT2D eigenvalue weighted by molar-refractivity contribution is 7.22. The maximum atomic E-state index is 15.4. The van der Waals surface area contributed by atoms with Crippen LogP contribution in [0.15, 0.2) is 36.8 Å². The number of halogens is 1. The van der Waals surface area contributed by atoms with E-state index in [0.29, 0.717) is 70.5 Å². The number of carbonyl (C=O) groups is 2. The van der Waals surface area contributed by atoms with Crippen LogP contribution in [0.2, 0.25) is 0 Å². The number of methoxy groups -OCH3 is 1. The highest BCUT2D eigenvalue weighted by atomic mass is 32.1. The van der Waals surface area contributed by atoms with Crippen LogP contribution in [0.4, 0.5) is 20.3 Å². The fourth-order valence-electron chi connectivity index (χ4n) is 4.55. The molecule has 1 saturated heterocycles. The summed E-state index contributed by atoms with van der Waals surface area (Å²) < 4.78 is 21.2. The van der Waals surface area contributed by atoms with Crippen LogP contribution < -0.4 is 20.3 Å². The number of benzene rings is 1. The first-order valence-electron chi connectivity index (χ1n) is 12.7. The molecule has 0 aliphatic carbocycles. The lowest BCUT2D eigenvalue weighted by molar-refractivity contribution is -0.149. The summed E-state index contributed by atoms with van der Waals surface area (Å²) in [5.74, 6) is -0.829. The summed E-state index contributed by atoms with van der Waals surface area (Å²) in [6.07, 6.45) is 5.82. The zero-order valence-corrected chi connectivity index (χ0v) is 23.0. The number of carbonyl (C=O) groups excluding carboxylic acids is 1. The van der Waals surface area contributed by atoms with E-state index in [-0.39, 0.29) is 17.5 Å². The molecule has 208 valence electrons. The first kappa shape index (κ1) is 27.2. The number of aromatic nitrogens is 4. The average Bonchev–Trinajstić information content (AvgIpc) is 3.35. The summed E-state index contributed by atoms with van der Waals surface area (Å²) in [5.41, 5.74) is 1.73. The van der Waals surface area contributed by atoms with Gasteiger partial charge in [-0.2, -0.15) is 0 Å². The first-order valence-corrected chi connectivity index (χ1v) is 13.5. The molecule has 1 aliphatic heterocycles. The number of hydrogen-bond donors (Lipinski definition) is 3. The number of carboxylic acids is 1. The fourth-order valence-corrected chi connectivity index (χ4v) is 5.51. The molecule has 0 bridgehead atoms. The number of urea groups is 1. The van der Waals surface area contributed by atoms with E-state index in [1.165, 1.54) is 30.7 Å². The van der Waals surface area contributed by atoms with Crippen molar-refractivity contribution in [2.45, 2.75) is 26.7 Å². The van der Waals surface area contributed by atoms with Crippen molar-refractivity contribution in [3.63, 3.8) is 0 Å². The molecule has 1 aromatic carbocycles. The molecule has 3 aromatic heterocycles. The molecule has 1 aliphatic rings. The molecule has 5 rings (SSSR count). The number of amides is 2. The number of rotatable bonds is 7. The van der Waals surface area contributed by atoms with Gasteiger partial charge in [0.05, 0.1) is 22.7 Å². The number of nitrogens with zero attached hydrogens (tertiary/aromatic N) is 5. The molecular weight excluding hydrogens is 537 g/mol. The lowest BCUT2D eigenvalue weighted by atomic mass is 9.80. The van der Waals surface area contributed by atoms with Crippen molar-refractivity contribution in [1.82, 2.24) is 25.3 Å². The lowest BCUT2D eigenvalue weighted by Crippen LogP contribution is -2.43. The van der Waals surface area contributed by atoms with Crippen LogP contribution in [-0.4, -0.2) is 63.8 Å². The second-order valence-corrected chi connectivity index (χ2v) is 10.7. The monoisotopic (exact) mass is 565 g/mol. The molecule has 4 aromatic rings. The summed E-state index contributed by atoms with van der Waals surface area (Å²) in [6, 6.07) is 4.67. The molecular formula is C27H28FN7O4S. The van der Waals surface area contributed by atoms with E-state index in [2.05, 4.69) is 30.6 Å². The average molecular weight is 566 g/mol. The minimum atomic E-state index is -0.789. The molecule has 2 amide bonds. The number of fused-ring (bicyclic) bond motifs is 1. The molecule has 0 saturated carbocycles. The molecule has 4 heterocycles. The lowest BCUT2D eigenvalue weighted by Gasteiger charge is -2.36. The third-order valence-electron chi connectivity index (χ3n) is 7.01. The Morgan fingerprint density at radius 3 is 2.55 bits per heavy atom. The highest BCUT2D eigenvalue weighted by Gasteiger charge is 2.37. The van der Waals surface area contributed by atoms with Crippen molar-refractivity contribution in [3.8, 4) is 28.1 Å². The van der Waals surface area contributed by atoms with Gasteiger partial charge in [-0.3, -0.25) is 15.1 Å². The molecule has 0 unspecified atom stereocenters. The number of ether oxygens (including phenoxy) is 1. The van der Waals surface area contributed by atoms with Crippen LogP contribution >= 0.6 is 11.3 Å². The zero-order chi connectivity index (χ0) is 28.4. The number of anilines is 2. The number of thiazole rings is 1. The topological polar surface area (TPSA) is 142 Å². The van der Waals surface area contributed by atoms with Gasteiger partial charge in [-0.1, -0.05) is 11.3 Å². The molecule has 1 fully saturated rings. The van der Waals surface area contributed by atoms with Crippen molar-refractivity contribution in [2.24, 2.45) is 5.41 Å². The molecule has 40 heavy (non-hydrogen) atoms. The van der Waals surface area contributed by atoms with Gasteiger partial charge in [0.15, 0.2) is 16.7 Å². The van der Waals surface area contributed by atoms with Crippen molar-refractivity contribution < 1.29 is 23.8 Å². The Bertz CT molecular complexity index is 1570. The van der Waals surface area contributed by atoms with Gasteiger partial charge in [0.1, 0.15) is 5.69 Å². The highest BCUT2D eigenvalue weighted by Crippen LogP contribution is 2.40. The van der Waals surface area contributed by atoms with E-state index in [1.54, 1.807) is 25.4 Å². The standard InChI is InChI=1S/C27H28FN7O4S/c1-4-29-25(38)34-26-33-18-12-15(11-17(22(18)40-26)21-20(28)19(39-3)5-8-30-21)16-13-31-24(32-14-16)35-9-6-27(2,7-10-35)23(36)37/h5,8,11-14H,4,6-7,9-10H2,1-3H3,(H,36,37)(H2,29,33,34,38). The van der Waals surface area contributed by atoms with Crippen LogP contribution in [0.1, 0.15) is 26.7 Å².